The summed E-state index contributed by atoms with van der Waals surface area (Å²) in [6.07, 6.45) is 3.54. The average Bonchev–Trinajstić information content (AvgIpc) is 2.64. The van der Waals surface area contributed by atoms with Crippen LogP contribution in [0.25, 0.3) is 0 Å². The Morgan fingerprint density at radius 1 is 1.54 bits per heavy atom. The number of nitrogens with zero attached hydrogens (tertiary/aromatic N) is 1. The Morgan fingerprint density at radius 2 is 2.38 bits per heavy atom. The van der Waals surface area contributed by atoms with E-state index in [4.69, 9.17) is 15.9 Å². The minimum atomic E-state index is 0.228. The van der Waals surface area contributed by atoms with E-state index < -0.39 is 0 Å². The second-order valence-corrected chi connectivity index (χ2v) is 4.08. The lowest BCUT2D eigenvalue weighted by molar-refractivity contribution is 0.113. The standard InChI is InChI=1S/C9H17N3O/c10-8(11)6-12-4-1-2-9(12)3-5-13-7-9/h1-7H2,(H3,10,11). The molecule has 2 aliphatic rings. The summed E-state index contributed by atoms with van der Waals surface area (Å²) >= 11 is 0. The predicted molar refractivity (Wildman–Crippen MR) is 50.9 cm³/mol. The third kappa shape index (κ3) is 1.56. The van der Waals surface area contributed by atoms with Gasteiger partial charge in [0, 0.05) is 12.1 Å². The Hall–Kier alpha value is -0.610. The number of hydrogen-bond donors (Lipinski definition) is 2. The molecule has 0 aromatic carbocycles. The molecule has 3 N–H and O–H groups in total. The van der Waals surface area contributed by atoms with Gasteiger partial charge < -0.3 is 10.5 Å². The van der Waals surface area contributed by atoms with Crippen molar-refractivity contribution in [1.82, 2.24) is 4.90 Å². The van der Waals surface area contributed by atoms with Gasteiger partial charge in [0.1, 0.15) is 5.84 Å². The Morgan fingerprint density at radius 3 is 3.00 bits per heavy atom. The van der Waals surface area contributed by atoms with E-state index in [9.17, 15) is 0 Å². The van der Waals surface area contributed by atoms with Crippen molar-refractivity contribution in [2.75, 3.05) is 26.3 Å². The largest absolute Gasteiger partial charge is 0.387 e. The fourth-order valence-corrected chi connectivity index (χ4v) is 2.49. The van der Waals surface area contributed by atoms with Crippen LogP contribution in [0.1, 0.15) is 19.3 Å². The maximum absolute atomic E-state index is 7.30. The molecule has 0 radical (unpaired) electrons. The van der Waals surface area contributed by atoms with Crippen molar-refractivity contribution in [1.29, 1.82) is 5.41 Å². The van der Waals surface area contributed by atoms with E-state index in [-0.39, 0.29) is 11.4 Å². The molecule has 2 saturated heterocycles. The van der Waals surface area contributed by atoms with E-state index in [2.05, 4.69) is 4.90 Å². The third-order valence-corrected chi connectivity index (χ3v) is 3.18. The van der Waals surface area contributed by atoms with Gasteiger partial charge in [-0.3, -0.25) is 10.3 Å². The molecular formula is C9H17N3O. The summed E-state index contributed by atoms with van der Waals surface area (Å²) in [4.78, 5) is 2.32. The maximum Gasteiger partial charge on any atom is 0.105 e. The van der Waals surface area contributed by atoms with E-state index in [0.29, 0.717) is 6.54 Å². The molecule has 1 unspecified atom stereocenters. The highest BCUT2D eigenvalue weighted by atomic mass is 16.5. The summed E-state index contributed by atoms with van der Waals surface area (Å²) in [6.45, 7) is 3.39. The van der Waals surface area contributed by atoms with Gasteiger partial charge in [-0.25, -0.2) is 0 Å². The van der Waals surface area contributed by atoms with Gasteiger partial charge >= 0.3 is 0 Å². The van der Waals surface area contributed by atoms with Crippen LogP contribution in [0, 0.1) is 5.41 Å². The van der Waals surface area contributed by atoms with Crippen LogP contribution in [-0.2, 0) is 4.74 Å². The maximum atomic E-state index is 7.30. The molecule has 4 nitrogen and oxygen atoms in total. The van der Waals surface area contributed by atoms with Gasteiger partial charge in [0.15, 0.2) is 0 Å². The summed E-state index contributed by atoms with van der Waals surface area (Å²) < 4.78 is 5.44. The quantitative estimate of drug-likeness (QED) is 0.474. The average molecular weight is 183 g/mol. The van der Waals surface area contributed by atoms with Crippen molar-refractivity contribution >= 4 is 5.84 Å². The van der Waals surface area contributed by atoms with Crippen molar-refractivity contribution in [2.24, 2.45) is 5.73 Å². The molecule has 0 aromatic heterocycles. The highest BCUT2D eigenvalue weighted by Gasteiger charge is 2.43. The van der Waals surface area contributed by atoms with Crippen LogP contribution in [-0.4, -0.2) is 42.6 Å². The van der Waals surface area contributed by atoms with Gasteiger partial charge in [0.2, 0.25) is 0 Å². The molecule has 1 atom stereocenters. The van der Waals surface area contributed by atoms with Crippen LogP contribution in [0.5, 0.6) is 0 Å². The first-order valence-corrected chi connectivity index (χ1v) is 4.89. The lowest BCUT2D eigenvalue weighted by Crippen LogP contribution is -2.47. The number of hydrogen-bond acceptors (Lipinski definition) is 3. The van der Waals surface area contributed by atoms with Crippen LogP contribution >= 0.6 is 0 Å². The fourth-order valence-electron chi connectivity index (χ4n) is 2.49. The van der Waals surface area contributed by atoms with Crippen molar-refractivity contribution in [2.45, 2.75) is 24.8 Å². The zero-order chi connectivity index (χ0) is 9.31. The van der Waals surface area contributed by atoms with E-state index in [1.807, 2.05) is 0 Å². The molecule has 2 rings (SSSR count). The first-order valence-electron chi connectivity index (χ1n) is 4.89. The first-order chi connectivity index (χ1) is 6.23. The smallest absolute Gasteiger partial charge is 0.105 e. The normalized spacial score (nSPS) is 34.5. The van der Waals surface area contributed by atoms with E-state index in [0.717, 1.165) is 26.2 Å². The second-order valence-electron chi connectivity index (χ2n) is 4.08. The highest BCUT2D eigenvalue weighted by Crippen LogP contribution is 2.35. The molecule has 4 heteroatoms. The van der Waals surface area contributed by atoms with Crippen molar-refractivity contribution < 1.29 is 4.74 Å². The summed E-state index contributed by atoms with van der Waals surface area (Å²) in [5.41, 5.74) is 5.65. The minimum Gasteiger partial charge on any atom is -0.387 e. The number of ether oxygens (including phenoxy) is 1. The van der Waals surface area contributed by atoms with Crippen molar-refractivity contribution in [3.8, 4) is 0 Å². The van der Waals surface area contributed by atoms with Crippen molar-refractivity contribution in [3.05, 3.63) is 0 Å². The molecule has 2 heterocycles. The molecule has 1 spiro atoms. The molecule has 0 saturated carbocycles. The molecule has 2 fully saturated rings. The highest BCUT2D eigenvalue weighted by molar-refractivity contribution is 5.79. The molecule has 0 aromatic rings. The van der Waals surface area contributed by atoms with Gasteiger partial charge in [-0.2, -0.15) is 0 Å². The monoisotopic (exact) mass is 183 g/mol. The van der Waals surface area contributed by atoms with E-state index in [1.165, 1.54) is 12.8 Å². The van der Waals surface area contributed by atoms with Gasteiger partial charge in [0.05, 0.1) is 13.2 Å². The minimum absolute atomic E-state index is 0.228. The van der Waals surface area contributed by atoms with Crippen LogP contribution < -0.4 is 5.73 Å². The Kier molecular flexibility index (Phi) is 2.26. The molecule has 0 amide bonds. The second kappa shape index (κ2) is 3.27. The lowest BCUT2D eigenvalue weighted by Gasteiger charge is -2.33. The number of nitrogens with two attached hydrogens (primary N) is 1. The zero-order valence-electron chi connectivity index (χ0n) is 7.88. The van der Waals surface area contributed by atoms with Crippen LogP contribution in [0.4, 0.5) is 0 Å². The Balaban J connectivity index is 2.04. The number of amidine groups is 1. The van der Waals surface area contributed by atoms with E-state index >= 15 is 0 Å². The molecule has 2 aliphatic heterocycles. The lowest BCUT2D eigenvalue weighted by atomic mass is 9.95. The van der Waals surface area contributed by atoms with Gasteiger partial charge in [-0.15, -0.1) is 0 Å². The third-order valence-electron chi connectivity index (χ3n) is 3.18. The van der Waals surface area contributed by atoms with Crippen molar-refractivity contribution in [3.63, 3.8) is 0 Å². The molecule has 74 valence electrons. The SMILES string of the molecule is N=C(N)CN1CCCC12CCOC2. The van der Waals surface area contributed by atoms with Crippen LogP contribution in [0.2, 0.25) is 0 Å². The van der Waals surface area contributed by atoms with Crippen LogP contribution in [0.3, 0.4) is 0 Å². The number of rotatable bonds is 2. The fraction of sp³-hybridized carbons (Fsp3) is 0.889. The van der Waals surface area contributed by atoms with E-state index in [1.54, 1.807) is 0 Å². The molecule has 13 heavy (non-hydrogen) atoms. The summed E-state index contributed by atoms with van der Waals surface area (Å²) in [7, 11) is 0. The van der Waals surface area contributed by atoms with Gasteiger partial charge in [-0.1, -0.05) is 0 Å². The number of nitrogens with one attached hydrogen (secondary N) is 1. The predicted octanol–water partition coefficient (Wildman–Crippen LogP) is 0.177. The topological polar surface area (TPSA) is 62.3 Å². The van der Waals surface area contributed by atoms with Gasteiger partial charge in [-0.05, 0) is 25.8 Å². The van der Waals surface area contributed by atoms with Crippen LogP contribution in [0.15, 0.2) is 0 Å². The molecular weight excluding hydrogens is 166 g/mol. The summed E-state index contributed by atoms with van der Waals surface area (Å²) in [5, 5.41) is 7.30. The Bertz CT molecular complexity index is 205. The first kappa shape index (κ1) is 8.97. The summed E-state index contributed by atoms with van der Waals surface area (Å²) in [5.74, 6) is 0.271. The summed E-state index contributed by atoms with van der Waals surface area (Å²) in [6, 6.07) is 0. The molecule has 0 aliphatic carbocycles. The molecule has 0 bridgehead atoms. The van der Waals surface area contributed by atoms with Gasteiger partial charge in [0.25, 0.3) is 0 Å². The zero-order valence-corrected chi connectivity index (χ0v) is 7.88. The number of likely N-dealkylation sites (tertiary alicyclic amines) is 1. The Labute approximate surface area is 78.5 Å².